The van der Waals surface area contributed by atoms with E-state index < -0.39 is 78.7 Å². The van der Waals surface area contributed by atoms with Gasteiger partial charge in [0.05, 0.1) is 37.3 Å². The van der Waals surface area contributed by atoms with E-state index in [1.165, 1.54) is 9.13 Å². The Balaban J connectivity index is 1.25. The molecule has 4 fully saturated rings. The molecule has 248 valence electrons. The second-order valence-corrected chi connectivity index (χ2v) is 13.0. The van der Waals surface area contributed by atoms with Gasteiger partial charge < -0.3 is 48.1 Å². The van der Waals surface area contributed by atoms with Crippen LogP contribution < -0.4 is 5.69 Å². The number of rotatable bonds is 12. The molecule has 1 aromatic carbocycles. The van der Waals surface area contributed by atoms with Crippen molar-refractivity contribution in [2.45, 2.75) is 114 Å². The number of aliphatic hydroxyl groups excluding tert-OH is 2. The molecular formula is C31H41ClN2O11. The van der Waals surface area contributed by atoms with Crippen LogP contribution in [0.2, 0.25) is 5.02 Å². The van der Waals surface area contributed by atoms with Crippen LogP contribution in [0.25, 0.3) is 11.0 Å². The second kappa shape index (κ2) is 12.5. The maximum Gasteiger partial charge on any atom is 0.329 e. The third kappa shape index (κ3) is 6.29. The topological polar surface area (TPSA) is 141 Å². The molecule has 0 spiro atoms. The van der Waals surface area contributed by atoms with Crippen molar-refractivity contribution in [1.29, 1.82) is 0 Å². The highest BCUT2D eigenvalue weighted by molar-refractivity contribution is 6.31. The molecule has 2 N–H and O–H groups in total. The molecule has 14 heteroatoms. The smallest absolute Gasteiger partial charge is 0.329 e. The lowest BCUT2D eigenvalue weighted by Crippen LogP contribution is -2.46. The fourth-order valence-electron chi connectivity index (χ4n) is 6.59. The normalized spacial score (nSPS) is 34.6. The Morgan fingerprint density at radius 1 is 0.844 bits per heavy atom. The fraction of sp³-hybridized carbons (Fsp3) is 0.645. The lowest BCUT2D eigenvalue weighted by molar-refractivity contribution is -0.229. The number of fused-ring (bicyclic) bond motifs is 3. The summed E-state index contributed by atoms with van der Waals surface area (Å²) in [5.74, 6) is -1.76. The number of halogens is 1. The summed E-state index contributed by atoms with van der Waals surface area (Å²) in [5, 5.41) is 23.3. The quantitative estimate of drug-likeness (QED) is 0.326. The third-order valence-electron chi connectivity index (χ3n) is 8.35. The highest BCUT2D eigenvalue weighted by Crippen LogP contribution is 2.41. The van der Waals surface area contributed by atoms with Crippen molar-refractivity contribution in [1.82, 2.24) is 9.13 Å². The number of aliphatic hydroxyl groups is 2. The van der Waals surface area contributed by atoms with E-state index in [9.17, 15) is 15.0 Å². The van der Waals surface area contributed by atoms with Gasteiger partial charge in [-0.2, -0.15) is 0 Å². The van der Waals surface area contributed by atoms with Crippen molar-refractivity contribution < 1.29 is 48.1 Å². The summed E-state index contributed by atoms with van der Waals surface area (Å²) in [6.07, 6.45) is -4.95. The number of imidazole rings is 1. The number of nitrogens with zero attached hydrogens (tertiary/aromatic N) is 2. The SMILES string of the molecule is C=CCO[C@@H]1[C@H]([C@H](O)Cn2c(=O)n(C[C@H](O)[C@@H]3O[C@@H]4OC(C)(C)O[C@@H]4[C@@H]3OCC=C)c3cc(Cl)ccc32)O[C@@H]2OC(C)(C)O[C@@H]21. The van der Waals surface area contributed by atoms with Gasteiger partial charge >= 0.3 is 5.69 Å². The van der Waals surface area contributed by atoms with Gasteiger partial charge in [-0.15, -0.1) is 13.2 Å². The van der Waals surface area contributed by atoms with Gasteiger partial charge in [-0.3, -0.25) is 9.13 Å². The van der Waals surface area contributed by atoms with Gasteiger partial charge in [0, 0.05) is 5.02 Å². The Labute approximate surface area is 265 Å². The average Bonchev–Trinajstić information content (AvgIpc) is 3.70. The van der Waals surface area contributed by atoms with Crippen LogP contribution in [0, 0.1) is 0 Å². The maximum atomic E-state index is 14.0. The molecule has 0 saturated carbocycles. The van der Waals surface area contributed by atoms with Gasteiger partial charge in [0.2, 0.25) is 0 Å². The summed E-state index contributed by atoms with van der Waals surface area (Å²) in [6, 6.07) is 4.98. The molecule has 5 heterocycles. The molecule has 4 saturated heterocycles. The highest BCUT2D eigenvalue weighted by Gasteiger charge is 2.58. The van der Waals surface area contributed by atoms with E-state index in [2.05, 4.69) is 13.2 Å². The number of aromatic nitrogens is 2. The van der Waals surface area contributed by atoms with Crippen LogP contribution in [0.1, 0.15) is 27.7 Å². The van der Waals surface area contributed by atoms with Gasteiger partial charge in [0.15, 0.2) is 24.2 Å². The van der Waals surface area contributed by atoms with Gasteiger partial charge in [-0.25, -0.2) is 4.79 Å². The minimum absolute atomic E-state index is 0.145. The molecule has 10 atom stereocenters. The molecule has 4 aliphatic rings. The molecular weight excluding hydrogens is 612 g/mol. The maximum absolute atomic E-state index is 14.0. The molecule has 0 amide bonds. The molecule has 0 unspecified atom stereocenters. The van der Waals surface area contributed by atoms with E-state index in [1.807, 2.05) is 0 Å². The number of hydrogen-bond acceptors (Lipinski definition) is 11. The largest absolute Gasteiger partial charge is 0.388 e. The van der Waals surface area contributed by atoms with Crippen molar-refractivity contribution in [2.24, 2.45) is 0 Å². The van der Waals surface area contributed by atoms with Gasteiger partial charge in [-0.05, 0) is 45.9 Å². The first-order valence-electron chi connectivity index (χ1n) is 15.0. The Morgan fingerprint density at radius 2 is 1.31 bits per heavy atom. The Kier molecular flexibility index (Phi) is 9.09. The van der Waals surface area contributed by atoms with Crippen LogP contribution in [0.3, 0.4) is 0 Å². The van der Waals surface area contributed by atoms with E-state index in [4.69, 9.17) is 49.5 Å². The van der Waals surface area contributed by atoms with E-state index in [0.717, 1.165) is 0 Å². The van der Waals surface area contributed by atoms with Crippen molar-refractivity contribution in [3.05, 3.63) is 59.0 Å². The van der Waals surface area contributed by atoms with E-state index in [-0.39, 0.29) is 26.3 Å². The van der Waals surface area contributed by atoms with E-state index in [0.29, 0.717) is 16.1 Å². The lowest BCUT2D eigenvalue weighted by atomic mass is 10.1. The van der Waals surface area contributed by atoms with Gasteiger partial charge in [0.1, 0.15) is 48.8 Å². The fourth-order valence-corrected chi connectivity index (χ4v) is 6.76. The minimum Gasteiger partial charge on any atom is -0.388 e. The average molecular weight is 653 g/mol. The van der Waals surface area contributed by atoms with Crippen LogP contribution >= 0.6 is 11.6 Å². The zero-order valence-electron chi connectivity index (χ0n) is 25.7. The van der Waals surface area contributed by atoms with Crippen molar-refractivity contribution in [3.63, 3.8) is 0 Å². The minimum atomic E-state index is -1.20. The summed E-state index contributed by atoms with van der Waals surface area (Å²) in [4.78, 5) is 14.0. The van der Waals surface area contributed by atoms with E-state index >= 15 is 0 Å². The van der Waals surface area contributed by atoms with Gasteiger partial charge in [0.25, 0.3) is 0 Å². The Bertz CT molecular complexity index is 1470. The van der Waals surface area contributed by atoms with Crippen LogP contribution in [-0.2, 0) is 51.0 Å². The summed E-state index contributed by atoms with van der Waals surface area (Å²) in [5.41, 5.74) is 0.491. The highest BCUT2D eigenvalue weighted by atomic mass is 35.5. The van der Waals surface area contributed by atoms with Crippen LogP contribution in [-0.4, -0.2) is 106 Å². The first-order valence-corrected chi connectivity index (χ1v) is 15.4. The van der Waals surface area contributed by atoms with Crippen molar-refractivity contribution in [3.8, 4) is 0 Å². The lowest BCUT2D eigenvalue weighted by Gasteiger charge is -2.28. The first kappa shape index (κ1) is 32.8. The predicted octanol–water partition coefficient (Wildman–Crippen LogP) is 2.07. The van der Waals surface area contributed by atoms with Crippen LogP contribution in [0.15, 0.2) is 48.3 Å². The summed E-state index contributed by atoms with van der Waals surface area (Å²) in [6.45, 7) is 14.6. The molecule has 0 radical (unpaired) electrons. The second-order valence-electron chi connectivity index (χ2n) is 12.6. The third-order valence-corrected chi connectivity index (χ3v) is 8.58. The predicted molar refractivity (Wildman–Crippen MR) is 160 cm³/mol. The zero-order valence-corrected chi connectivity index (χ0v) is 26.5. The molecule has 0 bridgehead atoms. The van der Waals surface area contributed by atoms with Crippen LogP contribution in [0.4, 0.5) is 0 Å². The summed E-state index contributed by atoms with van der Waals surface area (Å²) < 4.78 is 50.6. The Morgan fingerprint density at radius 3 is 1.78 bits per heavy atom. The molecule has 13 nitrogen and oxygen atoms in total. The molecule has 1 aromatic heterocycles. The summed E-state index contributed by atoms with van der Waals surface area (Å²) >= 11 is 6.35. The number of ether oxygens (including phenoxy) is 8. The molecule has 45 heavy (non-hydrogen) atoms. The van der Waals surface area contributed by atoms with Crippen molar-refractivity contribution in [2.75, 3.05) is 13.2 Å². The number of hydrogen-bond donors (Lipinski definition) is 2. The molecule has 6 rings (SSSR count). The van der Waals surface area contributed by atoms with Gasteiger partial charge in [-0.1, -0.05) is 23.8 Å². The molecule has 2 aromatic rings. The Hall–Kier alpha value is -2.14. The molecule has 0 aliphatic carbocycles. The van der Waals surface area contributed by atoms with Crippen LogP contribution in [0.5, 0.6) is 0 Å². The standard InChI is InChI=1S/C31H41ClN2O11/c1-7-11-38-23-21(40-27-25(23)42-30(3,4)44-27)19(35)14-33-17-10-9-16(32)13-18(17)34(29(33)37)15-20(36)22-24(39-12-8-2)26-28(41-22)45-31(5,6)43-26/h7-10,13,19-28,35-36H,1-2,11-12,14-15H2,3-6H3/t19-,20+,21+,22+,23-,24-,25-,26-,27-,28-/m1/s1. The summed E-state index contributed by atoms with van der Waals surface area (Å²) in [7, 11) is 0. The monoisotopic (exact) mass is 652 g/mol. The molecule has 4 aliphatic heterocycles. The zero-order chi connectivity index (χ0) is 32.3. The van der Waals surface area contributed by atoms with E-state index in [1.54, 1.807) is 58.0 Å². The first-order chi connectivity index (χ1) is 21.3. The van der Waals surface area contributed by atoms with Crippen molar-refractivity contribution >= 4 is 22.6 Å². The number of benzene rings is 1.